The van der Waals surface area contributed by atoms with Crippen LogP contribution in [0.2, 0.25) is 0 Å². The van der Waals surface area contributed by atoms with E-state index in [2.05, 4.69) is 18.7 Å². The van der Waals surface area contributed by atoms with Crippen LogP contribution in [0.1, 0.15) is 19.4 Å². The van der Waals surface area contributed by atoms with Crippen molar-refractivity contribution in [3.8, 4) is 0 Å². The van der Waals surface area contributed by atoms with E-state index < -0.39 is 6.10 Å². The molecule has 1 aromatic rings. The van der Waals surface area contributed by atoms with Crippen molar-refractivity contribution in [2.75, 3.05) is 32.0 Å². The molecule has 1 aliphatic rings. The molecule has 0 amide bonds. The molecule has 0 bridgehead atoms. The molecule has 112 valence electrons. The zero-order valence-corrected chi connectivity index (χ0v) is 13.2. The van der Waals surface area contributed by atoms with Crippen LogP contribution in [0.3, 0.4) is 0 Å². The second-order valence-electron chi connectivity index (χ2n) is 6.00. The van der Waals surface area contributed by atoms with Crippen LogP contribution in [-0.4, -0.2) is 52.9 Å². The number of aliphatic hydroxyl groups excluding tert-OH is 1. The molecule has 1 aromatic carbocycles. The number of β-amino-alcohol motifs (C(OH)–C–C–N with tert-alkyl or cyclic N) is 1. The number of hydrogen-bond donors (Lipinski definition) is 1. The van der Waals surface area contributed by atoms with Crippen molar-refractivity contribution in [2.24, 2.45) is 0 Å². The van der Waals surface area contributed by atoms with Gasteiger partial charge in [-0.25, -0.2) is 0 Å². The highest BCUT2D eigenvalue weighted by Gasteiger charge is 2.27. The lowest BCUT2D eigenvalue weighted by atomic mass is 10.1. The average Bonchev–Trinajstić information content (AvgIpc) is 2.38. The third-order valence-corrected chi connectivity index (χ3v) is 4.69. The highest BCUT2D eigenvalue weighted by Crippen LogP contribution is 2.29. The predicted octanol–water partition coefficient (Wildman–Crippen LogP) is 2.39. The van der Waals surface area contributed by atoms with E-state index in [1.54, 1.807) is 0 Å². The van der Waals surface area contributed by atoms with Crippen molar-refractivity contribution >= 4 is 11.8 Å². The van der Waals surface area contributed by atoms with E-state index in [1.807, 2.05) is 42.1 Å². The lowest BCUT2D eigenvalue weighted by Crippen LogP contribution is -2.46. The average molecular weight is 295 g/mol. The van der Waals surface area contributed by atoms with Gasteiger partial charge in [0.2, 0.25) is 0 Å². The first-order valence-electron chi connectivity index (χ1n) is 7.21. The maximum Gasteiger partial charge on any atom is 0.0900 e. The van der Waals surface area contributed by atoms with Crippen LogP contribution >= 0.6 is 11.8 Å². The number of thioether (sulfide) groups is 1. The molecule has 1 unspecified atom stereocenters. The second-order valence-corrected chi connectivity index (χ2v) is 7.80. The fourth-order valence-electron chi connectivity index (χ4n) is 2.51. The number of benzene rings is 1. The zero-order chi connectivity index (χ0) is 14.4. The van der Waals surface area contributed by atoms with Gasteiger partial charge < -0.3 is 9.84 Å². The Balaban J connectivity index is 1.66. The highest BCUT2D eigenvalue weighted by atomic mass is 32.2. The number of nitrogens with zero attached hydrogens (tertiary/aromatic N) is 1. The fraction of sp³-hybridized carbons (Fsp3) is 0.625. The Morgan fingerprint density at radius 3 is 2.80 bits per heavy atom. The minimum absolute atomic E-state index is 0.295. The molecule has 1 fully saturated rings. The molecule has 1 N–H and O–H groups in total. The van der Waals surface area contributed by atoms with Gasteiger partial charge in [0, 0.05) is 30.1 Å². The summed E-state index contributed by atoms with van der Waals surface area (Å²) in [5.74, 6) is 1.14. The monoisotopic (exact) mass is 295 g/mol. The van der Waals surface area contributed by atoms with Crippen LogP contribution in [0.25, 0.3) is 0 Å². The summed E-state index contributed by atoms with van der Waals surface area (Å²) in [4.78, 5) is 2.34. The van der Waals surface area contributed by atoms with E-state index in [9.17, 15) is 5.11 Å². The van der Waals surface area contributed by atoms with Crippen LogP contribution in [0.5, 0.6) is 0 Å². The van der Waals surface area contributed by atoms with Gasteiger partial charge in [-0.2, -0.15) is 11.8 Å². The second kappa shape index (κ2) is 7.46. The molecule has 1 aliphatic heterocycles. The summed E-state index contributed by atoms with van der Waals surface area (Å²) in [5, 5.41) is 10.1. The Hall–Kier alpha value is -0.550. The summed E-state index contributed by atoms with van der Waals surface area (Å²) in [6.45, 7) is 8.30. The molecule has 1 saturated heterocycles. The number of rotatable bonds is 6. The minimum atomic E-state index is -0.405. The molecular weight excluding hydrogens is 270 g/mol. The molecule has 0 spiro atoms. The molecule has 20 heavy (non-hydrogen) atoms. The molecule has 3 nitrogen and oxygen atoms in total. The standard InChI is InChI=1S/C16H25NO2S/c1-16(2)13-17(8-9-20-16)10-15(18)12-19-11-14-6-4-3-5-7-14/h3-7,15,18H,8-13H2,1-2H3. The molecule has 0 aromatic heterocycles. The van der Waals surface area contributed by atoms with Crippen LogP contribution in [-0.2, 0) is 11.3 Å². The molecule has 0 aliphatic carbocycles. The molecule has 1 heterocycles. The van der Waals surface area contributed by atoms with E-state index in [0.717, 1.165) is 24.4 Å². The first-order chi connectivity index (χ1) is 9.55. The van der Waals surface area contributed by atoms with Gasteiger partial charge in [0.05, 0.1) is 19.3 Å². The van der Waals surface area contributed by atoms with E-state index in [-0.39, 0.29) is 0 Å². The summed E-state index contributed by atoms with van der Waals surface area (Å²) < 4.78 is 5.89. The number of ether oxygens (including phenoxy) is 1. The molecule has 1 atom stereocenters. The van der Waals surface area contributed by atoms with Gasteiger partial charge >= 0.3 is 0 Å². The zero-order valence-electron chi connectivity index (χ0n) is 12.4. The third-order valence-electron chi connectivity index (χ3n) is 3.40. The Kier molecular flexibility index (Phi) is 5.90. The minimum Gasteiger partial charge on any atom is -0.389 e. The predicted molar refractivity (Wildman–Crippen MR) is 85.1 cm³/mol. The van der Waals surface area contributed by atoms with E-state index in [4.69, 9.17) is 4.74 Å². The smallest absolute Gasteiger partial charge is 0.0900 e. The Morgan fingerprint density at radius 2 is 2.10 bits per heavy atom. The normalized spacial score (nSPS) is 20.8. The van der Waals surface area contributed by atoms with Gasteiger partial charge in [-0.15, -0.1) is 0 Å². The topological polar surface area (TPSA) is 32.7 Å². The van der Waals surface area contributed by atoms with Crippen molar-refractivity contribution in [1.82, 2.24) is 4.90 Å². The quantitative estimate of drug-likeness (QED) is 0.873. The largest absolute Gasteiger partial charge is 0.389 e. The van der Waals surface area contributed by atoms with Gasteiger partial charge in [-0.05, 0) is 19.4 Å². The van der Waals surface area contributed by atoms with Crippen molar-refractivity contribution in [2.45, 2.75) is 31.3 Å². The maximum atomic E-state index is 10.1. The van der Waals surface area contributed by atoms with Gasteiger partial charge in [0.25, 0.3) is 0 Å². The third kappa shape index (κ3) is 5.44. The van der Waals surface area contributed by atoms with Gasteiger partial charge in [-0.1, -0.05) is 30.3 Å². The van der Waals surface area contributed by atoms with Crippen molar-refractivity contribution in [3.05, 3.63) is 35.9 Å². The van der Waals surface area contributed by atoms with Crippen LogP contribution < -0.4 is 0 Å². The molecule has 2 rings (SSSR count). The van der Waals surface area contributed by atoms with E-state index in [1.165, 1.54) is 0 Å². The lowest BCUT2D eigenvalue weighted by Gasteiger charge is -2.38. The summed E-state index contributed by atoms with van der Waals surface area (Å²) in [5.41, 5.74) is 1.15. The molecular formula is C16H25NO2S. The van der Waals surface area contributed by atoms with Crippen molar-refractivity contribution in [3.63, 3.8) is 0 Å². The molecule has 4 heteroatoms. The van der Waals surface area contributed by atoms with Crippen LogP contribution in [0.4, 0.5) is 0 Å². The summed E-state index contributed by atoms with van der Waals surface area (Å²) >= 11 is 2.01. The summed E-state index contributed by atoms with van der Waals surface area (Å²) in [6.07, 6.45) is -0.405. The van der Waals surface area contributed by atoms with Gasteiger partial charge in [0.15, 0.2) is 0 Å². The number of aliphatic hydroxyl groups is 1. The maximum absolute atomic E-state index is 10.1. The Morgan fingerprint density at radius 1 is 1.35 bits per heavy atom. The van der Waals surface area contributed by atoms with Gasteiger partial charge in [0.1, 0.15) is 0 Å². The first kappa shape index (κ1) is 15.8. The fourth-order valence-corrected chi connectivity index (χ4v) is 3.68. The van der Waals surface area contributed by atoms with Gasteiger partial charge in [-0.3, -0.25) is 4.90 Å². The van der Waals surface area contributed by atoms with Crippen LogP contribution in [0.15, 0.2) is 30.3 Å². The lowest BCUT2D eigenvalue weighted by molar-refractivity contribution is 0.00931. The molecule has 0 radical (unpaired) electrons. The summed E-state index contributed by atoms with van der Waals surface area (Å²) in [7, 11) is 0. The Bertz CT molecular complexity index is 397. The first-order valence-corrected chi connectivity index (χ1v) is 8.20. The SMILES string of the molecule is CC1(C)CN(CC(O)COCc2ccccc2)CCS1. The van der Waals surface area contributed by atoms with Crippen molar-refractivity contribution < 1.29 is 9.84 Å². The highest BCUT2D eigenvalue weighted by molar-refractivity contribution is 8.00. The summed E-state index contributed by atoms with van der Waals surface area (Å²) in [6, 6.07) is 10.1. The number of hydrogen-bond acceptors (Lipinski definition) is 4. The molecule has 0 saturated carbocycles. The Labute approximate surface area is 126 Å². The van der Waals surface area contributed by atoms with Crippen LogP contribution in [0, 0.1) is 0 Å². The van der Waals surface area contributed by atoms with Crippen molar-refractivity contribution in [1.29, 1.82) is 0 Å². The van der Waals surface area contributed by atoms with E-state index >= 15 is 0 Å². The van der Waals surface area contributed by atoms with E-state index in [0.29, 0.717) is 24.5 Å².